The van der Waals surface area contributed by atoms with E-state index >= 15 is 0 Å². The van der Waals surface area contributed by atoms with Gasteiger partial charge < -0.3 is 14.2 Å². The van der Waals surface area contributed by atoms with Gasteiger partial charge in [0.15, 0.2) is 6.35 Å². The minimum Gasteiger partial charge on any atom is -0.466 e. The summed E-state index contributed by atoms with van der Waals surface area (Å²) < 4.78 is 17.8. The first-order valence-electron chi connectivity index (χ1n) is 10.7. The van der Waals surface area contributed by atoms with Crippen LogP contribution in [0.3, 0.4) is 0 Å². The van der Waals surface area contributed by atoms with Gasteiger partial charge in [0.1, 0.15) is 6.23 Å². The first-order chi connectivity index (χ1) is 12.7. The van der Waals surface area contributed by atoms with E-state index < -0.39 is 0 Å². The van der Waals surface area contributed by atoms with Gasteiger partial charge in [-0.15, -0.1) is 0 Å². The molecule has 1 saturated carbocycles. The number of esters is 1. The number of likely N-dealkylation sites (tertiary alicyclic amines) is 2. The molecule has 2 atom stereocenters. The molecule has 3 rings (SSSR count). The molecule has 6 heteroatoms. The smallest absolute Gasteiger partial charge is 0.308 e. The summed E-state index contributed by atoms with van der Waals surface area (Å²) >= 11 is 0. The Morgan fingerprint density at radius 3 is 2.35 bits per heavy atom. The summed E-state index contributed by atoms with van der Waals surface area (Å²) in [6, 6.07) is 0. The normalized spacial score (nSPS) is 32.0. The Kier molecular flexibility index (Phi) is 7.73. The van der Waals surface area contributed by atoms with E-state index in [1.165, 1.54) is 19.3 Å². The summed E-state index contributed by atoms with van der Waals surface area (Å²) in [5.74, 6) is 0.0287. The molecular formula is C20H36N2O4. The highest BCUT2D eigenvalue weighted by Gasteiger charge is 2.38. The van der Waals surface area contributed by atoms with Crippen LogP contribution >= 0.6 is 0 Å². The van der Waals surface area contributed by atoms with Crippen molar-refractivity contribution in [2.24, 2.45) is 5.92 Å². The fraction of sp³-hybridized carbons (Fsp3) is 0.950. The maximum Gasteiger partial charge on any atom is 0.308 e. The van der Waals surface area contributed by atoms with Crippen LogP contribution in [-0.4, -0.2) is 67.3 Å². The largest absolute Gasteiger partial charge is 0.466 e. The quantitative estimate of drug-likeness (QED) is 0.614. The predicted molar refractivity (Wildman–Crippen MR) is 99.4 cm³/mol. The minimum atomic E-state index is -0.0296. The third-order valence-corrected chi connectivity index (χ3v) is 5.94. The molecule has 0 N–H and O–H groups in total. The molecule has 6 nitrogen and oxygen atoms in total. The summed E-state index contributed by atoms with van der Waals surface area (Å²) in [7, 11) is 0. The summed E-state index contributed by atoms with van der Waals surface area (Å²) in [6.07, 6.45) is 8.87. The molecule has 2 saturated heterocycles. The molecule has 150 valence electrons. The number of ether oxygens (including phenoxy) is 3. The standard InChI is InChI=1S/C20H36N2O4/c1-3-24-18-8-7-15-22(18)20(21-13-5-6-14-21)26-17-11-9-16(10-12-17)19(23)25-4-2/h16-18,20H,3-15H2,1-2H3. The van der Waals surface area contributed by atoms with Crippen molar-refractivity contribution in [3.8, 4) is 0 Å². The van der Waals surface area contributed by atoms with Crippen LogP contribution in [0.2, 0.25) is 0 Å². The van der Waals surface area contributed by atoms with Crippen LogP contribution in [0.25, 0.3) is 0 Å². The number of hydrogen-bond donors (Lipinski definition) is 0. The molecule has 3 fully saturated rings. The molecule has 0 aromatic heterocycles. The van der Waals surface area contributed by atoms with E-state index in [9.17, 15) is 4.79 Å². The summed E-state index contributed by atoms with van der Waals surface area (Å²) in [5.41, 5.74) is 0. The molecule has 3 aliphatic rings. The molecule has 0 aromatic carbocycles. The monoisotopic (exact) mass is 368 g/mol. The number of carbonyl (C=O) groups is 1. The fourth-order valence-electron chi connectivity index (χ4n) is 4.59. The molecule has 0 radical (unpaired) electrons. The Morgan fingerprint density at radius 1 is 0.962 bits per heavy atom. The van der Waals surface area contributed by atoms with Gasteiger partial charge in [-0.3, -0.25) is 9.69 Å². The molecule has 2 aliphatic heterocycles. The number of nitrogens with zero attached hydrogens (tertiary/aromatic N) is 2. The van der Waals surface area contributed by atoms with Gasteiger partial charge in [-0.25, -0.2) is 4.90 Å². The zero-order chi connectivity index (χ0) is 18.4. The molecule has 0 amide bonds. The molecule has 0 spiro atoms. The lowest BCUT2D eigenvalue weighted by molar-refractivity contribution is -0.217. The molecule has 2 heterocycles. The zero-order valence-corrected chi connectivity index (χ0v) is 16.5. The topological polar surface area (TPSA) is 51.2 Å². The first kappa shape index (κ1) is 20.1. The lowest BCUT2D eigenvalue weighted by Crippen LogP contribution is -2.53. The van der Waals surface area contributed by atoms with Gasteiger partial charge in [0.25, 0.3) is 0 Å². The number of carbonyl (C=O) groups excluding carboxylic acids is 1. The van der Waals surface area contributed by atoms with E-state index in [2.05, 4.69) is 16.7 Å². The third-order valence-electron chi connectivity index (χ3n) is 5.94. The van der Waals surface area contributed by atoms with Crippen LogP contribution in [0, 0.1) is 5.92 Å². The summed E-state index contributed by atoms with van der Waals surface area (Å²) in [6.45, 7) is 8.43. The highest BCUT2D eigenvalue weighted by molar-refractivity contribution is 5.72. The van der Waals surface area contributed by atoms with Crippen molar-refractivity contribution in [3.05, 3.63) is 0 Å². The van der Waals surface area contributed by atoms with Crippen LogP contribution in [0.15, 0.2) is 0 Å². The van der Waals surface area contributed by atoms with Crippen LogP contribution in [-0.2, 0) is 19.0 Å². The van der Waals surface area contributed by atoms with Crippen molar-refractivity contribution in [1.82, 2.24) is 9.80 Å². The van der Waals surface area contributed by atoms with E-state index in [1.54, 1.807) is 0 Å². The Balaban J connectivity index is 1.57. The summed E-state index contributed by atoms with van der Waals surface area (Å²) in [5, 5.41) is 0. The molecule has 26 heavy (non-hydrogen) atoms. The average Bonchev–Trinajstić information content (AvgIpc) is 3.33. The molecule has 1 aliphatic carbocycles. The van der Waals surface area contributed by atoms with E-state index in [0.717, 1.165) is 58.3 Å². The highest BCUT2D eigenvalue weighted by Crippen LogP contribution is 2.32. The Morgan fingerprint density at radius 2 is 1.69 bits per heavy atom. The maximum absolute atomic E-state index is 12.0. The predicted octanol–water partition coefficient (Wildman–Crippen LogP) is 2.96. The highest BCUT2D eigenvalue weighted by atomic mass is 16.6. The lowest BCUT2D eigenvalue weighted by atomic mass is 9.87. The Labute approximate surface area is 158 Å². The van der Waals surface area contributed by atoms with Crippen molar-refractivity contribution in [2.75, 3.05) is 32.8 Å². The Hall–Kier alpha value is -0.690. The van der Waals surface area contributed by atoms with Crippen molar-refractivity contribution < 1.29 is 19.0 Å². The second-order valence-electron chi connectivity index (χ2n) is 7.72. The average molecular weight is 369 g/mol. The van der Waals surface area contributed by atoms with Gasteiger partial charge >= 0.3 is 5.97 Å². The van der Waals surface area contributed by atoms with Gasteiger partial charge in [-0.05, 0) is 65.2 Å². The van der Waals surface area contributed by atoms with Gasteiger partial charge in [0.05, 0.1) is 18.6 Å². The molecule has 2 unspecified atom stereocenters. The fourth-order valence-corrected chi connectivity index (χ4v) is 4.59. The van der Waals surface area contributed by atoms with Crippen LogP contribution < -0.4 is 0 Å². The van der Waals surface area contributed by atoms with Gasteiger partial charge in [-0.2, -0.15) is 0 Å². The Bertz CT molecular complexity index is 434. The SMILES string of the molecule is CCOC(=O)C1CCC(OC(N2CCCC2)N2CCCC2OCC)CC1. The molecular weight excluding hydrogens is 332 g/mol. The lowest BCUT2D eigenvalue weighted by Gasteiger charge is -2.41. The molecule has 0 aromatic rings. The van der Waals surface area contributed by atoms with Crippen LogP contribution in [0.4, 0.5) is 0 Å². The van der Waals surface area contributed by atoms with Crippen LogP contribution in [0.1, 0.15) is 65.2 Å². The second-order valence-corrected chi connectivity index (χ2v) is 7.72. The van der Waals surface area contributed by atoms with E-state index in [-0.39, 0.29) is 30.6 Å². The number of hydrogen-bond acceptors (Lipinski definition) is 6. The number of rotatable bonds is 8. The zero-order valence-electron chi connectivity index (χ0n) is 16.5. The van der Waals surface area contributed by atoms with Crippen LogP contribution in [0.5, 0.6) is 0 Å². The molecule has 0 bridgehead atoms. The van der Waals surface area contributed by atoms with Gasteiger partial charge in [0.2, 0.25) is 0 Å². The third kappa shape index (κ3) is 4.97. The van der Waals surface area contributed by atoms with Gasteiger partial charge in [0, 0.05) is 26.2 Å². The first-order valence-corrected chi connectivity index (χ1v) is 10.7. The van der Waals surface area contributed by atoms with E-state index in [1.807, 2.05) is 6.92 Å². The van der Waals surface area contributed by atoms with Crippen molar-refractivity contribution in [2.45, 2.75) is 83.9 Å². The maximum atomic E-state index is 12.0. The minimum absolute atomic E-state index is 0.0284. The second kappa shape index (κ2) is 10.0. The van der Waals surface area contributed by atoms with Crippen molar-refractivity contribution in [1.29, 1.82) is 0 Å². The van der Waals surface area contributed by atoms with E-state index in [0.29, 0.717) is 6.61 Å². The van der Waals surface area contributed by atoms with E-state index in [4.69, 9.17) is 14.2 Å². The van der Waals surface area contributed by atoms with Crippen molar-refractivity contribution in [3.63, 3.8) is 0 Å². The van der Waals surface area contributed by atoms with Gasteiger partial charge in [-0.1, -0.05) is 0 Å². The van der Waals surface area contributed by atoms with Crippen molar-refractivity contribution >= 4 is 5.97 Å². The summed E-state index contributed by atoms with van der Waals surface area (Å²) in [4.78, 5) is 16.9.